The van der Waals surface area contributed by atoms with Gasteiger partial charge in [0.25, 0.3) is 5.91 Å². The van der Waals surface area contributed by atoms with Gasteiger partial charge in [-0.05, 0) is 65.1 Å². The molecule has 3 amide bonds. The molecule has 0 bridgehead atoms. The number of hydrogen-bond acceptors (Lipinski definition) is 7. The summed E-state index contributed by atoms with van der Waals surface area (Å²) in [7, 11) is 0. The third-order valence-electron chi connectivity index (χ3n) is 7.38. The van der Waals surface area contributed by atoms with Crippen molar-refractivity contribution in [3.8, 4) is 0 Å². The third kappa shape index (κ3) is 6.15. The van der Waals surface area contributed by atoms with Gasteiger partial charge in [-0.15, -0.1) is 11.3 Å². The number of likely N-dealkylation sites (tertiary alicyclic amines) is 2. The van der Waals surface area contributed by atoms with E-state index < -0.39 is 23.0 Å². The quantitative estimate of drug-likeness (QED) is 0.378. The Bertz CT molecular complexity index is 1090. The van der Waals surface area contributed by atoms with Gasteiger partial charge in [-0.1, -0.05) is 0 Å². The Balaban J connectivity index is 1.42. The van der Waals surface area contributed by atoms with E-state index in [4.69, 9.17) is 9.84 Å². The average molecular weight is 533 g/mol. The number of carboxylic acid groups (broad SMARTS) is 1. The van der Waals surface area contributed by atoms with Gasteiger partial charge >= 0.3 is 18.0 Å². The van der Waals surface area contributed by atoms with E-state index in [1.54, 1.807) is 17.9 Å². The number of amides is 3. The lowest BCUT2D eigenvalue weighted by Gasteiger charge is -2.44. The lowest BCUT2D eigenvalue weighted by Crippen LogP contribution is -2.53. The zero-order valence-corrected chi connectivity index (χ0v) is 22.5. The van der Waals surface area contributed by atoms with Crippen molar-refractivity contribution >= 4 is 46.3 Å². The maximum Gasteiger partial charge on any atom is 0.328 e. The predicted octanol–water partition coefficient (Wildman–Crippen LogP) is 3.40. The molecule has 11 heteroatoms. The number of nitrogens with zero attached hydrogens (tertiary/aromatic N) is 2. The molecule has 1 aromatic heterocycles. The van der Waals surface area contributed by atoms with Crippen LogP contribution in [0, 0.1) is 5.41 Å². The average Bonchev–Trinajstić information content (AvgIpc) is 3.33. The molecule has 0 aromatic carbocycles. The van der Waals surface area contributed by atoms with E-state index in [1.807, 2.05) is 13.8 Å². The molecule has 0 radical (unpaired) electrons. The molecule has 1 spiro atoms. The van der Waals surface area contributed by atoms with Gasteiger partial charge in [0.1, 0.15) is 10.6 Å². The maximum atomic E-state index is 13.5. The van der Waals surface area contributed by atoms with Gasteiger partial charge in [-0.25, -0.2) is 9.59 Å². The van der Waals surface area contributed by atoms with Crippen molar-refractivity contribution in [3.63, 3.8) is 0 Å². The van der Waals surface area contributed by atoms with Crippen LogP contribution >= 0.6 is 11.3 Å². The van der Waals surface area contributed by atoms with E-state index in [9.17, 15) is 19.2 Å². The first-order valence-electron chi connectivity index (χ1n) is 12.9. The number of urea groups is 1. The second-order valence-electron chi connectivity index (χ2n) is 10.8. The van der Waals surface area contributed by atoms with Gasteiger partial charge in [0, 0.05) is 49.6 Å². The Kier molecular flexibility index (Phi) is 7.94. The number of carbonyl (C=O) groups excluding carboxylic acids is 3. The second-order valence-corrected chi connectivity index (χ2v) is 11.8. The maximum absolute atomic E-state index is 13.5. The van der Waals surface area contributed by atoms with Crippen molar-refractivity contribution in [1.29, 1.82) is 0 Å². The first-order chi connectivity index (χ1) is 17.5. The van der Waals surface area contributed by atoms with E-state index in [2.05, 4.69) is 15.5 Å². The molecule has 3 fully saturated rings. The summed E-state index contributed by atoms with van der Waals surface area (Å²) in [5.74, 6) is -1.35. The van der Waals surface area contributed by atoms with Crippen LogP contribution in [-0.2, 0) is 14.3 Å². The largest absolute Gasteiger partial charge is 0.478 e. The number of cyclic esters (lactones) is 1. The molecule has 4 rings (SSSR count). The molecule has 0 saturated carbocycles. The monoisotopic (exact) mass is 532 g/mol. The predicted molar refractivity (Wildman–Crippen MR) is 141 cm³/mol. The van der Waals surface area contributed by atoms with Crippen molar-refractivity contribution in [2.24, 2.45) is 5.41 Å². The highest BCUT2D eigenvalue weighted by Crippen LogP contribution is 2.46. The summed E-state index contributed by atoms with van der Waals surface area (Å²) in [6, 6.07) is 1.50. The highest BCUT2D eigenvalue weighted by molar-refractivity contribution is 7.17. The molecule has 3 aliphatic heterocycles. The van der Waals surface area contributed by atoms with Crippen molar-refractivity contribution in [1.82, 2.24) is 15.1 Å². The van der Waals surface area contributed by atoms with Crippen molar-refractivity contribution in [2.75, 3.05) is 38.0 Å². The fourth-order valence-electron chi connectivity index (χ4n) is 5.88. The number of piperidine rings is 2. The fourth-order valence-corrected chi connectivity index (χ4v) is 6.83. The van der Waals surface area contributed by atoms with Gasteiger partial charge in [0.2, 0.25) is 0 Å². The summed E-state index contributed by atoms with van der Waals surface area (Å²) in [6.45, 7) is 8.98. The number of aliphatic carboxylic acids is 1. The molecule has 3 N–H and O–H groups in total. The Morgan fingerprint density at radius 3 is 2.59 bits per heavy atom. The molecule has 37 heavy (non-hydrogen) atoms. The topological polar surface area (TPSA) is 128 Å². The van der Waals surface area contributed by atoms with Crippen LogP contribution < -0.4 is 10.6 Å². The van der Waals surface area contributed by atoms with Gasteiger partial charge in [-0.3, -0.25) is 19.8 Å². The van der Waals surface area contributed by atoms with Gasteiger partial charge in [0.15, 0.2) is 0 Å². The normalized spacial score (nSPS) is 24.4. The highest BCUT2D eigenvalue weighted by Gasteiger charge is 2.54. The number of rotatable bonds is 6. The lowest BCUT2D eigenvalue weighted by molar-refractivity contribution is -0.154. The first kappa shape index (κ1) is 27.1. The number of carboxylic acids is 1. The van der Waals surface area contributed by atoms with Crippen molar-refractivity contribution in [3.05, 3.63) is 22.6 Å². The summed E-state index contributed by atoms with van der Waals surface area (Å²) in [5.41, 5.74) is -0.493. The van der Waals surface area contributed by atoms with E-state index in [0.717, 1.165) is 56.1 Å². The number of carbonyl (C=O) groups is 4. The third-order valence-corrected chi connectivity index (χ3v) is 8.39. The lowest BCUT2D eigenvalue weighted by atomic mass is 9.74. The molecule has 1 unspecified atom stereocenters. The molecule has 3 aliphatic rings. The van der Waals surface area contributed by atoms with Crippen LogP contribution in [0.25, 0.3) is 6.08 Å². The molecule has 1 atom stereocenters. The molecule has 1 aromatic rings. The van der Waals surface area contributed by atoms with E-state index in [1.165, 1.54) is 6.08 Å². The minimum Gasteiger partial charge on any atom is -0.478 e. The summed E-state index contributed by atoms with van der Waals surface area (Å²) >= 11 is 1.16. The Hall–Kier alpha value is -2.92. The molecular weight excluding hydrogens is 496 g/mol. The first-order valence-corrected chi connectivity index (χ1v) is 13.7. The number of esters is 1. The van der Waals surface area contributed by atoms with E-state index in [-0.39, 0.29) is 11.9 Å². The zero-order valence-electron chi connectivity index (χ0n) is 21.7. The van der Waals surface area contributed by atoms with Crippen LogP contribution in [0.1, 0.15) is 68.1 Å². The van der Waals surface area contributed by atoms with Crippen molar-refractivity contribution < 1.29 is 29.0 Å². The summed E-state index contributed by atoms with van der Waals surface area (Å²) in [5, 5.41) is 14.7. The van der Waals surface area contributed by atoms with Crippen LogP contribution in [-0.4, -0.2) is 83.1 Å². The molecule has 0 aliphatic carbocycles. The fraction of sp³-hybridized carbons (Fsp3) is 0.615. The zero-order chi connectivity index (χ0) is 26.8. The Morgan fingerprint density at radius 1 is 1.24 bits per heavy atom. The minimum atomic E-state index is -1.09. The van der Waals surface area contributed by atoms with Gasteiger partial charge in [-0.2, -0.15) is 0 Å². The van der Waals surface area contributed by atoms with E-state index in [0.29, 0.717) is 47.7 Å². The Labute approximate surface area is 221 Å². The molecule has 202 valence electrons. The van der Waals surface area contributed by atoms with Crippen LogP contribution in [0.5, 0.6) is 0 Å². The summed E-state index contributed by atoms with van der Waals surface area (Å²) in [6.07, 6.45) is 6.59. The summed E-state index contributed by atoms with van der Waals surface area (Å²) in [4.78, 5) is 54.1. The van der Waals surface area contributed by atoms with Crippen LogP contribution in [0.4, 0.5) is 9.80 Å². The number of thiophene rings is 1. The number of anilines is 1. The number of hydrogen-bond donors (Lipinski definition) is 3. The van der Waals surface area contributed by atoms with Crippen LogP contribution in [0.3, 0.4) is 0 Å². The summed E-state index contributed by atoms with van der Waals surface area (Å²) < 4.78 is 5.67. The van der Waals surface area contributed by atoms with Gasteiger partial charge < -0.3 is 20.1 Å². The van der Waals surface area contributed by atoms with E-state index >= 15 is 0 Å². The smallest absolute Gasteiger partial charge is 0.328 e. The SMILES string of the molecule is CCNC(=O)Nc1sc(/C=C/C(=O)O)cc1C(=O)N1CCC(N2CCCC3(C2)CC(C)(C)OC3=O)CC1. The molecule has 3 saturated heterocycles. The standard InChI is InChI=1S/C26H36N4O6S/c1-4-27-24(35)28-21-19(14-18(37-21)6-7-20(31)32)22(33)29-12-8-17(9-13-29)30-11-5-10-26(16-30)15-25(2,3)36-23(26)34/h6-7,14,17H,4-5,8-13,15-16H2,1-3H3,(H,31,32)(H2,27,28,35)/b7-6+. The van der Waals surface area contributed by atoms with Crippen LogP contribution in [0.2, 0.25) is 0 Å². The molecule has 10 nitrogen and oxygen atoms in total. The Morgan fingerprint density at radius 2 is 1.97 bits per heavy atom. The van der Waals surface area contributed by atoms with Crippen LogP contribution in [0.15, 0.2) is 12.1 Å². The minimum absolute atomic E-state index is 0.0767. The number of nitrogens with one attached hydrogen (secondary N) is 2. The number of ether oxygens (including phenoxy) is 1. The second kappa shape index (κ2) is 10.8. The highest BCUT2D eigenvalue weighted by atomic mass is 32.1. The van der Waals surface area contributed by atoms with Gasteiger partial charge in [0.05, 0.1) is 11.0 Å². The van der Waals surface area contributed by atoms with Crippen molar-refractivity contribution in [2.45, 2.75) is 64.5 Å². The molecule has 4 heterocycles. The molecular formula is C26H36N4O6S.